The van der Waals surface area contributed by atoms with Crippen molar-refractivity contribution in [2.45, 2.75) is 38.1 Å². The molecule has 6 nitrogen and oxygen atoms in total. The van der Waals surface area contributed by atoms with E-state index in [1.165, 1.54) is 12.1 Å². The largest absolute Gasteiger partial charge is 0.362 e. The van der Waals surface area contributed by atoms with Gasteiger partial charge >= 0.3 is 5.69 Å². The number of hydrogen-bond acceptors (Lipinski definition) is 5. The van der Waals surface area contributed by atoms with Crippen LogP contribution in [-0.4, -0.2) is 15.9 Å². The normalized spacial score (nSPS) is 22.0. The number of halogens is 1. The van der Waals surface area contributed by atoms with Gasteiger partial charge in [-0.2, -0.15) is 5.26 Å². The Morgan fingerprint density at radius 1 is 1.45 bits per heavy atom. The van der Waals surface area contributed by atoms with Crippen molar-refractivity contribution in [1.29, 1.82) is 5.26 Å². The van der Waals surface area contributed by atoms with E-state index in [0.29, 0.717) is 12.3 Å². The number of rotatable bonds is 4. The first kappa shape index (κ1) is 14.5. The van der Waals surface area contributed by atoms with Gasteiger partial charge in [0.15, 0.2) is 0 Å². The summed E-state index contributed by atoms with van der Waals surface area (Å²) in [4.78, 5) is 14.5. The lowest BCUT2D eigenvalue weighted by molar-refractivity contribution is -0.384. The molecule has 0 atom stereocenters. The molecule has 0 unspecified atom stereocenters. The van der Waals surface area contributed by atoms with Crippen molar-refractivity contribution in [1.82, 2.24) is 4.98 Å². The fourth-order valence-corrected chi connectivity index (χ4v) is 2.66. The molecule has 106 valence electrons. The molecular formula is C13H15ClN4O2. The highest BCUT2D eigenvalue weighted by molar-refractivity contribution is 6.29. The van der Waals surface area contributed by atoms with Crippen LogP contribution < -0.4 is 5.32 Å². The number of aromatic nitrogens is 1. The Kier molecular flexibility index (Phi) is 4.74. The van der Waals surface area contributed by atoms with Crippen LogP contribution >= 0.6 is 11.6 Å². The average Bonchev–Trinajstić information content (AvgIpc) is 2.41. The molecule has 1 N–H and O–H groups in total. The highest BCUT2D eigenvalue weighted by Gasteiger charge is 2.24. The van der Waals surface area contributed by atoms with Gasteiger partial charge in [0.05, 0.1) is 11.0 Å². The third kappa shape index (κ3) is 3.58. The molecule has 7 heteroatoms. The van der Waals surface area contributed by atoms with Crippen molar-refractivity contribution in [2.24, 2.45) is 5.92 Å². The van der Waals surface area contributed by atoms with E-state index in [9.17, 15) is 10.1 Å². The summed E-state index contributed by atoms with van der Waals surface area (Å²) in [6.07, 6.45) is 4.27. The lowest BCUT2D eigenvalue weighted by Gasteiger charge is -2.28. The highest BCUT2D eigenvalue weighted by Crippen LogP contribution is 2.31. The smallest absolute Gasteiger partial charge is 0.311 e. The summed E-state index contributed by atoms with van der Waals surface area (Å²) in [7, 11) is 0. The minimum absolute atomic E-state index is 0.0615. The molecule has 0 radical (unpaired) electrons. The monoisotopic (exact) mass is 294 g/mol. The van der Waals surface area contributed by atoms with E-state index in [-0.39, 0.29) is 22.7 Å². The first-order valence-electron chi connectivity index (χ1n) is 6.54. The molecule has 1 fully saturated rings. The minimum Gasteiger partial charge on any atom is -0.362 e. The summed E-state index contributed by atoms with van der Waals surface area (Å²) in [6.45, 7) is 0. The maximum Gasteiger partial charge on any atom is 0.311 e. The van der Waals surface area contributed by atoms with Crippen LogP contribution in [-0.2, 0) is 0 Å². The van der Waals surface area contributed by atoms with Crippen LogP contribution in [0.2, 0.25) is 5.15 Å². The van der Waals surface area contributed by atoms with Gasteiger partial charge in [0.25, 0.3) is 0 Å². The van der Waals surface area contributed by atoms with Gasteiger partial charge in [-0.05, 0) is 37.7 Å². The second-order valence-electron chi connectivity index (χ2n) is 4.98. The van der Waals surface area contributed by atoms with Gasteiger partial charge in [0.2, 0.25) is 5.82 Å². The number of nitrogens with one attached hydrogen (secondary N) is 1. The molecular weight excluding hydrogens is 280 g/mol. The van der Waals surface area contributed by atoms with Gasteiger partial charge < -0.3 is 5.32 Å². The molecule has 1 aliphatic carbocycles. The zero-order valence-electron chi connectivity index (χ0n) is 10.9. The number of pyridine rings is 1. The SMILES string of the molecule is N#CCC1CCC(Nc2nc(Cl)ccc2[N+](=O)[O-])CC1. The number of hydrogen-bond donors (Lipinski definition) is 1. The van der Waals surface area contributed by atoms with Crippen LogP contribution in [0.3, 0.4) is 0 Å². The molecule has 20 heavy (non-hydrogen) atoms. The molecule has 0 bridgehead atoms. The van der Waals surface area contributed by atoms with Crippen molar-refractivity contribution in [3.8, 4) is 6.07 Å². The molecule has 0 aromatic carbocycles. The third-order valence-electron chi connectivity index (χ3n) is 3.60. The van der Waals surface area contributed by atoms with E-state index < -0.39 is 4.92 Å². The van der Waals surface area contributed by atoms with Crippen molar-refractivity contribution in [2.75, 3.05) is 5.32 Å². The van der Waals surface area contributed by atoms with E-state index in [2.05, 4.69) is 16.4 Å². The first-order valence-corrected chi connectivity index (χ1v) is 6.92. The molecule has 1 aromatic rings. The summed E-state index contributed by atoms with van der Waals surface area (Å²) < 4.78 is 0. The highest BCUT2D eigenvalue weighted by atomic mass is 35.5. The lowest BCUT2D eigenvalue weighted by Crippen LogP contribution is -2.26. The number of nitriles is 1. The van der Waals surface area contributed by atoms with E-state index in [4.69, 9.17) is 16.9 Å². The Morgan fingerprint density at radius 3 is 2.75 bits per heavy atom. The zero-order chi connectivity index (χ0) is 14.5. The average molecular weight is 295 g/mol. The third-order valence-corrected chi connectivity index (χ3v) is 3.81. The van der Waals surface area contributed by atoms with Crippen LogP contribution in [0.15, 0.2) is 12.1 Å². The topological polar surface area (TPSA) is 91.8 Å². The molecule has 0 saturated heterocycles. The molecule has 2 rings (SSSR count). The maximum atomic E-state index is 11.0. The standard InChI is InChI=1S/C13H15ClN4O2/c14-12-6-5-11(18(19)20)13(17-12)16-10-3-1-9(2-4-10)7-8-15/h5-6,9-10H,1-4,7H2,(H,16,17). The molecule has 1 saturated carbocycles. The summed E-state index contributed by atoms with van der Waals surface area (Å²) in [5, 5.41) is 23.0. The molecule has 0 spiro atoms. The van der Waals surface area contributed by atoms with Gasteiger partial charge in [-0.15, -0.1) is 0 Å². The van der Waals surface area contributed by atoms with E-state index in [0.717, 1.165) is 25.7 Å². The van der Waals surface area contributed by atoms with Gasteiger partial charge in [-0.3, -0.25) is 10.1 Å². The minimum atomic E-state index is -0.465. The lowest BCUT2D eigenvalue weighted by atomic mass is 9.84. The Bertz CT molecular complexity index is 536. The number of nitrogens with zero attached hydrogens (tertiary/aromatic N) is 3. The van der Waals surface area contributed by atoms with Gasteiger partial charge in [-0.1, -0.05) is 11.6 Å². The van der Waals surface area contributed by atoms with Crippen molar-refractivity contribution < 1.29 is 4.92 Å². The summed E-state index contributed by atoms with van der Waals surface area (Å²) >= 11 is 5.79. The van der Waals surface area contributed by atoms with Crippen LogP contribution in [0.1, 0.15) is 32.1 Å². The van der Waals surface area contributed by atoms with Crippen molar-refractivity contribution >= 4 is 23.1 Å². The summed E-state index contributed by atoms with van der Waals surface area (Å²) in [5.74, 6) is 0.673. The van der Waals surface area contributed by atoms with Crippen LogP contribution in [0.5, 0.6) is 0 Å². The first-order chi connectivity index (χ1) is 9.60. The van der Waals surface area contributed by atoms with E-state index in [1.807, 2.05) is 0 Å². The Hall–Kier alpha value is -1.87. The second kappa shape index (κ2) is 6.53. The van der Waals surface area contributed by atoms with Crippen molar-refractivity contribution in [3.05, 3.63) is 27.4 Å². The molecule has 1 aromatic heterocycles. The summed E-state index contributed by atoms with van der Waals surface area (Å²) in [5.41, 5.74) is -0.0615. The Labute approximate surface area is 121 Å². The van der Waals surface area contributed by atoms with Gasteiger partial charge in [0.1, 0.15) is 5.15 Å². The van der Waals surface area contributed by atoms with E-state index in [1.54, 1.807) is 0 Å². The quantitative estimate of drug-likeness (QED) is 0.521. The predicted octanol–water partition coefficient (Wildman–Crippen LogP) is 3.53. The Balaban J connectivity index is 2.02. The van der Waals surface area contributed by atoms with Crippen LogP contribution in [0, 0.1) is 27.4 Å². The summed E-state index contributed by atoms with van der Waals surface area (Å²) in [6, 6.07) is 5.11. The van der Waals surface area contributed by atoms with Crippen molar-refractivity contribution in [3.63, 3.8) is 0 Å². The molecule has 0 aliphatic heterocycles. The zero-order valence-corrected chi connectivity index (χ0v) is 11.6. The molecule has 1 heterocycles. The predicted molar refractivity (Wildman–Crippen MR) is 75.5 cm³/mol. The Morgan fingerprint density at radius 2 is 2.15 bits per heavy atom. The second-order valence-corrected chi connectivity index (χ2v) is 5.37. The fraction of sp³-hybridized carbons (Fsp3) is 0.538. The molecule has 0 amide bonds. The molecule has 1 aliphatic rings. The fourth-order valence-electron chi connectivity index (χ4n) is 2.51. The van der Waals surface area contributed by atoms with Gasteiger partial charge in [0, 0.05) is 18.5 Å². The van der Waals surface area contributed by atoms with Crippen LogP contribution in [0.4, 0.5) is 11.5 Å². The van der Waals surface area contributed by atoms with E-state index >= 15 is 0 Å². The van der Waals surface area contributed by atoms with Crippen LogP contribution in [0.25, 0.3) is 0 Å². The van der Waals surface area contributed by atoms with Gasteiger partial charge in [-0.25, -0.2) is 4.98 Å². The number of nitro groups is 1. The number of anilines is 1. The maximum absolute atomic E-state index is 11.0.